The molecule has 0 saturated heterocycles. The molecular formula is C11H30. The van der Waals surface area contributed by atoms with E-state index >= 15 is 0 Å². The first kappa shape index (κ1) is 22.4. The normalized spacial score (nSPS) is 7.64. The standard InChI is InChI=1S/C7H16.C2H6.2CH4/c1-6(2)5-7(3)4;1-2;;/h6-7H,5H2,1-4H3;1-2H3;2*1H4. The molecular weight excluding hydrogens is 132 g/mol. The number of rotatable bonds is 2. The van der Waals surface area contributed by atoms with Crippen LogP contribution in [0.3, 0.4) is 0 Å². The Balaban J connectivity index is -0.0000000564. The maximum atomic E-state index is 2.26. The fourth-order valence-corrected chi connectivity index (χ4v) is 0.943. The molecule has 0 unspecified atom stereocenters. The van der Waals surface area contributed by atoms with Crippen molar-refractivity contribution in [3.8, 4) is 0 Å². The lowest BCUT2D eigenvalue weighted by molar-refractivity contribution is 0.469. The summed E-state index contributed by atoms with van der Waals surface area (Å²) in [7, 11) is 0. The molecule has 0 nitrogen and oxygen atoms in total. The van der Waals surface area contributed by atoms with Crippen molar-refractivity contribution < 1.29 is 0 Å². The van der Waals surface area contributed by atoms with Crippen LogP contribution in [-0.2, 0) is 0 Å². The van der Waals surface area contributed by atoms with E-state index in [9.17, 15) is 0 Å². The Morgan fingerprint density at radius 2 is 0.909 bits per heavy atom. The third-order valence-corrected chi connectivity index (χ3v) is 0.943. The fourth-order valence-electron chi connectivity index (χ4n) is 0.943. The van der Waals surface area contributed by atoms with Gasteiger partial charge < -0.3 is 0 Å². The second kappa shape index (κ2) is 16.5. The summed E-state index contributed by atoms with van der Waals surface area (Å²) in [6, 6.07) is 0. The van der Waals surface area contributed by atoms with Crippen LogP contribution in [0.15, 0.2) is 0 Å². The zero-order chi connectivity index (χ0) is 7.86. The predicted molar refractivity (Wildman–Crippen MR) is 59.1 cm³/mol. The van der Waals surface area contributed by atoms with E-state index < -0.39 is 0 Å². The molecule has 0 amide bonds. The van der Waals surface area contributed by atoms with Gasteiger partial charge in [0, 0.05) is 0 Å². The lowest BCUT2D eigenvalue weighted by Gasteiger charge is -2.05. The van der Waals surface area contributed by atoms with Crippen LogP contribution in [0.25, 0.3) is 0 Å². The van der Waals surface area contributed by atoms with Gasteiger partial charge in [0.1, 0.15) is 0 Å². The van der Waals surface area contributed by atoms with Gasteiger partial charge in [0.25, 0.3) is 0 Å². The van der Waals surface area contributed by atoms with Crippen molar-refractivity contribution >= 4 is 0 Å². The quantitative estimate of drug-likeness (QED) is 0.537. The van der Waals surface area contributed by atoms with E-state index in [1.165, 1.54) is 6.42 Å². The van der Waals surface area contributed by atoms with Gasteiger partial charge in [0.15, 0.2) is 0 Å². The molecule has 0 radical (unpaired) electrons. The van der Waals surface area contributed by atoms with Crippen LogP contribution in [-0.4, -0.2) is 0 Å². The lowest BCUT2D eigenvalue weighted by atomic mass is 10.0. The minimum atomic E-state index is 0. The molecule has 0 aromatic carbocycles. The van der Waals surface area contributed by atoms with E-state index in [0.29, 0.717) is 0 Å². The van der Waals surface area contributed by atoms with E-state index in [1.54, 1.807) is 0 Å². The van der Waals surface area contributed by atoms with E-state index in [-0.39, 0.29) is 14.9 Å². The molecule has 0 aliphatic rings. The van der Waals surface area contributed by atoms with Gasteiger partial charge in [-0.2, -0.15) is 0 Å². The van der Waals surface area contributed by atoms with E-state index in [0.717, 1.165) is 11.8 Å². The Bertz CT molecular complexity index is 29.3. The monoisotopic (exact) mass is 162 g/mol. The average Bonchev–Trinajstić information content (AvgIpc) is 1.68. The molecule has 0 bridgehead atoms. The predicted octanol–water partition coefficient (Wildman–Crippen LogP) is 4.99. The highest BCUT2D eigenvalue weighted by atomic mass is 14.0. The Morgan fingerprint density at radius 3 is 0.909 bits per heavy atom. The van der Waals surface area contributed by atoms with Crippen LogP contribution in [0, 0.1) is 11.8 Å². The van der Waals surface area contributed by atoms with E-state index in [1.807, 2.05) is 13.8 Å². The number of hydrogen-bond donors (Lipinski definition) is 0. The highest BCUT2D eigenvalue weighted by Crippen LogP contribution is 2.08. The second-order valence-corrected chi connectivity index (χ2v) is 3.02. The van der Waals surface area contributed by atoms with Gasteiger partial charge in [-0.05, 0) is 18.3 Å². The third kappa shape index (κ3) is 40.0. The Hall–Kier alpha value is 0. The topological polar surface area (TPSA) is 0 Å². The molecule has 0 spiro atoms. The molecule has 0 aromatic heterocycles. The van der Waals surface area contributed by atoms with Crippen molar-refractivity contribution in [1.82, 2.24) is 0 Å². The largest absolute Gasteiger partial charge is 0.0776 e. The van der Waals surface area contributed by atoms with Crippen molar-refractivity contribution in [2.45, 2.75) is 62.8 Å². The molecule has 74 valence electrons. The van der Waals surface area contributed by atoms with Crippen molar-refractivity contribution in [1.29, 1.82) is 0 Å². The third-order valence-electron chi connectivity index (χ3n) is 0.943. The molecule has 0 heterocycles. The first-order valence-electron chi connectivity index (χ1n) is 4.13. The Morgan fingerprint density at radius 1 is 0.727 bits per heavy atom. The highest BCUT2D eigenvalue weighted by molar-refractivity contribution is 4.47. The van der Waals surface area contributed by atoms with Crippen LogP contribution in [0.1, 0.15) is 62.8 Å². The zero-order valence-electron chi connectivity index (χ0n) is 7.86. The molecule has 0 N–H and O–H groups in total. The van der Waals surface area contributed by atoms with Crippen LogP contribution < -0.4 is 0 Å². The zero-order valence-corrected chi connectivity index (χ0v) is 7.86. The van der Waals surface area contributed by atoms with Crippen molar-refractivity contribution in [2.75, 3.05) is 0 Å². The maximum Gasteiger partial charge on any atom is -0.0469 e. The summed E-state index contributed by atoms with van der Waals surface area (Å²) in [5.74, 6) is 1.75. The maximum absolute atomic E-state index is 2.26. The summed E-state index contributed by atoms with van der Waals surface area (Å²) >= 11 is 0. The highest BCUT2D eigenvalue weighted by Gasteiger charge is 1.95. The Labute approximate surface area is 75.4 Å². The van der Waals surface area contributed by atoms with Crippen molar-refractivity contribution in [2.24, 2.45) is 11.8 Å². The minimum absolute atomic E-state index is 0. The molecule has 0 fully saturated rings. The Kier molecular flexibility index (Phi) is 33.7. The number of hydrogen-bond acceptors (Lipinski definition) is 0. The van der Waals surface area contributed by atoms with Gasteiger partial charge in [0.05, 0.1) is 0 Å². The minimum Gasteiger partial charge on any atom is -0.0776 e. The van der Waals surface area contributed by atoms with Crippen molar-refractivity contribution in [3.63, 3.8) is 0 Å². The SMILES string of the molecule is C.C.CC.CC(C)CC(C)C. The molecule has 0 saturated carbocycles. The lowest BCUT2D eigenvalue weighted by Crippen LogP contribution is -1.93. The molecule has 11 heavy (non-hydrogen) atoms. The summed E-state index contributed by atoms with van der Waals surface area (Å²) in [5.41, 5.74) is 0. The van der Waals surface area contributed by atoms with Crippen LogP contribution in [0.5, 0.6) is 0 Å². The van der Waals surface area contributed by atoms with Crippen LogP contribution in [0.4, 0.5) is 0 Å². The fraction of sp³-hybridized carbons (Fsp3) is 1.00. The van der Waals surface area contributed by atoms with Gasteiger partial charge in [-0.3, -0.25) is 0 Å². The van der Waals surface area contributed by atoms with E-state index in [2.05, 4.69) is 27.7 Å². The van der Waals surface area contributed by atoms with E-state index in [4.69, 9.17) is 0 Å². The summed E-state index contributed by atoms with van der Waals surface area (Å²) in [5, 5.41) is 0. The second-order valence-electron chi connectivity index (χ2n) is 3.02. The van der Waals surface area contributed by atoms with Crippen LogP contribution >= 0.6 is 0 Å². The van der Waals surface area contributed by atoms with Gasteiger partial charge >= 0.3 is 0 Å². The summed E-state index contributed by atoms with van der Waals surface area (Å²) < 4.78 is 0. The van der Waals surface area contributed by atoms with Gasteiger partial charge in [-0.15, -0.1) is 0 Å². The average molecular weight is 162 g/mol. The van der Waals surface area contributed by atoms with Crippen LogP contribution in [0.2, 0.25) is 0 Å². The smallest absolute Gasteiger partial charge is 0.0469 e. The molecule has 0 aliphatic heterocycles. The molecule has 0 heteroatoms. The van der Waals surface area contributed by atoms with Gasteiger partial charge in [-0.25, -0.2) is 0 Å². The first-order chi connectivity index (χ1) is 4.13. The van der Waals surface area contributed by atoms with Gasteiger partial charge in [0.2, 0.25) is 0 Å². The first-order valence-corrected chi connectivity index (χ1v) is 4.13. The van der Waals surface area contributed by atoms with Gasteiger partial charge in [-0.1, -0.05) is 56.4 Å². The molecule has 0 aliphatic carbocycles. The summed E-state index contributed by atoms with van der Waals surface area (Å²) in [6.07, 6.45) is 1.36. The molecule has 0 rings (SSSR count). The molecule has 0 atom stereocenters. The summed E-state index contributed by atoms with van der Waals surface area (Å²) in [4.78, 5) is 0. The molecule has 0 aromatic rings. The van der Waals surface area contributed by atoms with Crippen molar-refractivity contribution in [3.05, 3.63) is 0 Å². The summed E-state index contributed by atoms with van der Waals surface area (Å²) in [6.45, 7) is 13.1.